The zero-order chi connectivity index (χ0) is 24.1. The molecule has 4 rings (SSSR count). The van der Waals surface area contributed by atoms with Crippen LogP contribution in [0.4, 0.5) is 0 Å². The number of nitrogens with zero attached hydrogens (tertiary/aromatic N) is 1. The molecule has 1 heterocycles. The number of halogens is 1. The summed E-state index contributed by atoms with van der Waals surface area (Å²) in [7, 11) is 1.53. The van der Waals surface area contributed by atoms with Crippen LogP contribution in [-0.2, 0) is 9.59 Å². The SMILES string of the molecule is COc1cc(C2C3=C(CC(C)(C)CC3=O)NC3=C2C(=O)CC(C)(C)C3)c(Br)cc1OCC#N. The largest absolute Gasteiger partial charge is 0.493 e. The Bertz CT molecular complexity index is 1100. The van der Waals surface area contributed by atoms with Crippen LogP contribution in [0.1, 0.15) is 64.9 Å². The van der Waals surface area contributed by atoms with Gasteiger partial charge in [0.25, 0.3) is 0 Å². The first-order chi connectivity index (χ1) is 15.5. The quantitative estimate of drug-likeness (QED) is 0.586. The molecule has 0 aromatic heterocycles. The second-order valence-electron chi connectivity index (χ2n) is 10.7. The molecule has 0 fully saturated rings. The Morgan fingerprint density at radius 3 is 2.03 bits per heavy atom. The molecule has 0 spiro atoms. The smallest absolute Gasteiger partial charge is 0.174 e. The van der Waals surface area contributed by atoms with E-state index in [-0.39, 0.29) is 29.0 Å². The Morgan fingerprint density at radius 2 is 1.55 bits per heavy atom. The molecule has 3 aliphatic rings. The average Bonchev–Trinajstić information content (AvgIpc) is 2.69. The van der Waals surface area contributed by atoms with Crippen molar-refractivity contribution in [1.82, 2.24) is 5.32 Å². The molecule has 0 unspecified atom stereocenters. The van der Waals surface area contributed by atoms with Crippen molar-refractivity contribution in [3.05, 3.63) is 44.7 Å². The van der Waals surface area contributed by atoms with Crippen LogP contribution in [0.2, 0.25) is 0 Å². The van der Waals surface area contributed by atoms with Crippen molar-refractivity contribution >= 4 is 27.5 Å². The van der Waals surface area contributed by atoms with Gasteiger partial charge in [0.05, 0.1) is 7.11 Å². The Hall–Kier alpha value is -2.59. The summed E-state index contributed by atoms with van der Waals surface area (Å²) in [6.45, 7) is 8.30. The van der Waals surface area contributed by atoms with E-state index in [1.807, 2.05) is 12.1 Å². The molecular formula is C26H29BrN2O4. The molecule has 1 N–H and O–H groups in total. The van der Waals surface area contributed by atoms with Gasteiger partial charge in [-0.3, -0.25) is 9.59 Å². The van der Waals surface area contributed by atoms with Crippen LogP contribution in [0.5, 0.6) is 11.5 Å². The van der Waals surface area contributed by atoms with Gasteiger partial charge >= 0.3 is 0 Å². The summed E-state index contributed by atoms with van der Waals surface area (Å²) < 4.78 is 11.8. The van der Waals surface area contributed by atoms with E-state index in [1.165, 1.54) is 7.11 Å². The minimum Gasteiger partial charge on any atom is -0.493 e. The molecule has 0 atom stereocenters. The number of ether oxygens (including phenoxy) is 2. The fourth-order valence-corrected chi connectivity index (χ4v) is 5.91. The third-order valence-corrected chi connectivity index (χ3v) is 7.29. The number of rotatable bonds is 4. The minimum atomic E-state index is -0.475. The standard InChI is InChI=1S/C26H29BrN2O4/c1-25(2)10-16-23(18(30)12-25)22(24-17(29-16)11-26(3,4)13-19(24)31)14-8-20(32-5)21(9-15(14)27)33-7-6-28/h8-9,22,29H,7,10-13H2,1-5H3. The van der Waals surface area contributed by atoms with Gasteiger partial charge in [0.2, 0.25) is 0 Å². The van der Waals surface area contributed by atoms with Crippen molar-refractivity contribution in [2.75, 3.05) is 13.7 Å². The predicted octanol–water partition coefficient (Wildman–Crippen LogP) is 5.33. The lowest BCUT2D eigenvalue weighted by Crippen LogP contribution is -2.42. The number of methoxy groups -OCH3 is 1. The molecule has 1 aliphatic heterocycles. The summed E-state index contributed by atoms with van der Waals surface area (Å²) in [4.78, 5) is 26.9. The van der Waals surface area contributed by atoms with E-state index in [9.17, 15) is 9.59 Å². The molecule has 0 amide bonds. The van der Waals surface area contributed by atoms with Crippen molar-refractivity contribution in [3.8, 4) is 17.6 Å². The third-order valence-electron chi connectivity index (χ3n) is 6.61. The highest BCUT2D eigenvalue weighted by Crippen LogP contribution is 2.53. The number of carbonyl (C=O) groups is 2. The molecule has 6 nitrogen and oxygen atoms in total. The minimum absolute atomic E-state index is 0.0682. The van der Waals surface area contributed by atoms with Gasteiger partial charge in [0, 0.05) is 45.8 Å². The molecule has 1 aromatic rings. The number of Topliss-reactive ketones (excluding diaryl/α,β-unsaturated/α-hetero) is 2. The lowest BCUT2D eigenvalue weighted by molar-refractivity contribution is -0.119. The molecule has 0 saturated carbocycles. The van der Waals surface area contributed by atoms with Crippen LogP contribution in [0, 0.1) is 22.2 Å². The first-order valence-corrected chi connectivity index (χ1v) is 11.9. The van der Waals surface area contributed by atoms with Crippen LogP contribution in [0.25, 0.3) is 0 Å². The highest BCUT2D eigenvalue weighted by atomic mass is 79.9. The van der Waals surface area contributed by atoms with Gasteiger partial charge in [-0.25, -0.2) is 0 Å². The number of allylic oxidation sites excluding steroid dienone is 4. The second kappa shape index (κ2) is 8.32. The van der Waals surface area contributed by atoms with E-state index >= 15 is 0 Å². The summed E-state index contributed by atoms with van der Waals surface area (Å²) >= 11 is 3.65. The van der Waals surface area contributed by atoms with E-state index in [0.29, 0.717) is 40.0 Å². The van der Waals surface area contributed by atoms with E-state index in [1.54, 1.807) is 6.07 Å². The van der Waals surface area contributed by atoms with Crippen LogP contribution in [-0.4, -0.2) is 25.3 Å². The van der Waals surface area contributed by atoms with Crippen LogP contribution in [0.3, 0.4) is 0 Å². The molecule has 0 radical (unpaired) electrons. The number of nitrogens with one attached hydrogen (secondary N) is 1. The van der Waals surface area contributed by atoms with E-state index in [0.717, 1.165) is 29.8 Å². The highest BCUT2D eigenvalue weighted by molar-refractivity contribution is 9.10. The van der Waals surface area contributed by atoms with Crippen molar-refractivity contribution in [1.29, 1.82) is 5.26 Å². The molecule has 0 saturated heterocycles. The zero-order valence-corrected chi connectivity index (χ0v) is 21.3. The molecule has 1 aromatic carbocycles. The Balaban J connectivity index is 1.93. The Labute approximate surface area is 203 Å². The van der Waals surface area contributed by atoms with Gasteiger partial charge in [0.1, 0.15) is 6.07 Å². The lowest BCUT2D eigenvalue weighted by Gasteiger charge is -2.44. The number of hydrogen-bond donors (Lipinski definition) is 1. The number of ketones is 2. The fourth-order valence-electron chi connectivity index (χ4n) is 5.35. The summed E-state index contributed by atoms with van der Waals surface area (Å²) in [5, 5.41) is 12.4. The van der Waals surface area contributed by atoms with Crippen LogP contribution < -0.4 is 14.8 Å². The van der Waals surface area contributed by atoms with Crippen LogP contribution >= 0.6 is 15.9 Å². The van der Waals surface area contributed by atoms with E-state index in [4.69, 9.17) is 14.7 Å². The maximum atomic E-state index is 13.5. The van der Waals surface area contributed by atoms with Crippen molar-refractivity contribution in [2.24, 2.45) is 10.8 Å². The summed E-state index contributed by atoms with van der Waals surface area (Å²) in [6, 6.07) is 5.53. The number of dihydropyridines is 1. The Morgan fingerprint density at radius 1 is 1.00 bits per heavy atom. The number of carbonyl (C=O) groups excluding carboxylic acids is 2. The number of nitriles is 1. The van der Waals surface area contributed by atoms with Gasteiger partial charge in [-0.2, -0.15) is 5.26 Å². The maximum absolute atomic E-state index is 13.5. The summed E-state index contributed by atoms with van der Waals surface area (Å²) in [5.74, 6) is 0.548. The molecule has 33 heavy (non-hydrogen) atoms. The maximum Gasteiger partial charge on any atom is 0.174 e. The average molecular weight is 513 g/mol. The molecule has 2 aliphatic carbocycles. The fraction of sp³-hybridized carbons (Fsp3) is 0.500. The van der Waals surface area contributed by atoms with E-state index < -0.39 is 5.92 Å². The van der Waals surface area contributed by atoms with Gasteiger partial charge in [-0.05, 0) is 41.4 Å². The van der Waals surface area contributed by atoms with Gasteiger partial charge in [-0.1, -0.05) is 43.6 Å². The summed E-state index contributed by atoms with van der Waals surface area (Å²) in [5.41, 5.74) is 3.68. The van der Waals surface area contributed by atoms with Gasteiger partial charge in [0.15, 0.2) is 29.7 Å². The van der Waals surface area contributed by atoms with Crippen molar-refractivity contribution in [3.63, 3.8) is 0 Å². The highest BCUT2D eigenvalue weighted by Gasteiger charge is 2.47. The first kappa shape index (κ1) is 23.6. The monoisotopic (exact) mass is 512 g/mol. The normalized spacial score (nSPS) is 21.7. The molecular weight excluding hydrogens is 484 g/mol. The first-order valence-electron chi connectivity index (χ1n) is 11.1. The third kappa shape index (κ3) is 4.33. The topological polar surface area (TPSA) is 88.4 Å². The van der Waals surface area contributed by atoms with Crippen LogP contribution in [0.15, 0.2) is 39.1 Å². The number of hydrogen-bond acceptors (Lipinski definition) is 6. The van der Waals surface area contributed by atoms with Crippen molar-refractivity contribution in [2.45, 2.75) is 59.3 Å². The van der Waals surface area contributed by atoms with E-state index in [2.05, 4.69) is 48.9 Å². The number of benzene rings is 1. The molecule has 174 valence electrons. The molecule has 0 bridgehead atoms. The molecule has 7 heteroatoms. The Kier molecular flexibility index (Phi) is 5.94. The lowest BCUT2D eigenvalue weighted by atomic mass is 9.64. The second-order valence-corrected chi connectivity index (χ2v) is 11.6. The predicted molar refractivity (Wildman–Crippen MR) is 128 cm³/mol. The van der Waals surface area contributed by atoms with Gasteiger partial charge < -0.3 is 14.8 Å². The van der Waals surface area contributed by atoms with Gasteiger partial charge in [-0.15, -0.1) is 0 Å². The van der Waals surface area contributed by atoms with Crippen molar-refractivity contribution < 1.29 is 19.1 Å². The summed E-state index contributed by atoms with van der Waals surface area (Å²) in [6.07, 6.45) is 2.36. The zero-order valence-electron chi connectivity index (χ0n) is 19.7.